The van der Waals surface area contributed by atoms with Gasteiger partial charge in [-0.05, 0) is 50.2 Å². The molecule has 1 fully saturated rings. The molecule has 21 heavy (non-hydrogen) atoms. The van der Waals surface area contributed by atoms with Gasteiger partial charge in [0.25, 0.3) is 0 Å². The minimum Gasteiger partial charge on any atom is -0.369 e. The van der Waals surface area contributed by atoms with Crippen molar-refractivity contribution in [1.82, 2.24) is 4.90 Å². The van der Waals surface area contributed by atoms with Crippen molar-refractivity contribution in [3.63, 3.8) is 0 Å². The van der Waals surface area contributed by atoms with Gasteiger partial charge in [-0.2, -0.15) is 5.26 Å². The Morgan fingerprint density at radius 2 is 1.90 bits per heavy atom. The molecule has 0 saturated carbocycles. The van der Waals surface area contributed by atoms with Crippen LogP contribution in [0.25, 0.3) is 0 Å². The Morgan fingerprint density at radius 1 is 1.29 bits per heavy atom. The van der Waals surface area contributed by atoms with E-state index in [1.165, 1.54) is 0 Å². The molecule has 0 radical (unpaired) electrons. The molecular weight excluding hydrogens is 268 g/mol. The van der Waals surface area contributed by atoms with Crippen LogP contribution in [0.15, 0.2) is 24.3 Å². The minimum absolute atomic E-state index is 0.0668. The zero-order valence-corrected chi connectivity index (χ0v) is 11.7. The van der Waals surface area contributed by atoms with E-state index in [4.69, 9.17) is 11.0 Å². The lowest BCUT2D eigenvalue weighted by Crippen LogP contribution is -2.42. The highest BCUT2D eigenvalue weighted by atomic mass is 16.2. The van der Waals surface area contributed by atoms with Crippen molar-refractivity contribution in [2.24, 2.45) is 11.7 Å². The smallest absolute Gasteiger partial charge is 0.238 e. The van der Waals surface area contributed by atoms with Crippen LogP contribution in [0.4, 0.5) is 5.69 Å². The second-order valence-corrected chi connectivity index (χ2v) is 5.19. The number of hydrogen-bond acceptors (Lipinski definition) is 4. The molecule has 0 bridgehead atoms. The van der Waals surface area contributed by atoms with Crippen molar-refractivity contribution in [3.05, 3.63) is 29.8 Å². The maximum atomic E-state index is 11.9. The number of likely N-dealkylation sites (tertiary alicyclic amines) is 1. The zero-order valence-electron chi connectivity index (χ0n) is 11.7. The molecule has 0 aliphatic carbocycles. The van der Waals surface area contributed by atoms with Gasteiger partial charge in [0, 0.05) is 11.6 Å². The van der Waals surface area contributed by atoms with Crippen molar-refractivity contribution in [2.75, 3.05) is 25.0 Å². The summed E-state index contributed by atoms with van der Waals surface area (Å²) in [5, 5.41) is 11.5. The molecule has 3 N–H and O–H groups in total. The Kier molecular flexibility index (Phi) is 4.90. The van der Waals surface area contributed by atoms with Crippen LogP contribution in [0, 0.1) is 17.2 Å². The minimum atomic E-state index is -0.253. The number of amides is 2. The number of rotatable bonds is 4. The van der Waals surface area contributed by atoms with Crippen molar-refractivity contribution in [3.8, 4) is 6.07 Å². The van der Waals surface area contributed by atoms with E-state index in [2.05, 4.69) is 5.32 Å². The molecule has 1 aliphatic heterocycles. The topological polar surface area (TPSA) is 99.2 Å². The van der Waals surface area contributed by atoms with Gasteiger partial charge in [0.05, 0.1) is 18.2 Å². The first-order valence-corrected chi connectivity index (χ1v) is 6.90. The van der Waals surface area contributed by atoms with Gasteiger partial charge < -0.3 is 11.1 Å². The first-order valence-electron chi connectivity index (χ1n) is 6.90. The number of hydrogen-bond donors (Lipinski definition) is 2. The van der Waals surface area contributed by atoms with Crippen LogP contribution in [0.2, 0.25) is 0 Å². The molecule has 0 spiro atoms. The molecule has 6 heteroatoms. The Balaban J connectivity index is 1.80. The van der Waals surface area contributed by atoms with Crippen molar-refractivity contribution in [2.45, 2.75) is 12.8 Å². The van der Waals surface area contributed by atoms with Crippen LogP contribution in [-0.2, 0) is 9.59 Å². The van der Waals surface area contributed by atoms with Crippen LogP contribution in [0.3, 0.4) is 0 Å². The normalized spacial score (nSPS) is 16.1. The van der Waals surface area contributed by atoms with Gasteiger partial charge in [-0.25, -0.2) is 0 Å². The molecule has 1 aromatic carbocycles. The number of nitrogens with two attached hydrogens (primary N) is 1. The van der Waals surface area contributed by atoms with E-state index < -0.39 is 0 Å². The second kappa shape index (κ2) is 6.86. The van der Waals surface area contributed by atoms with Gasteiger partial charge in [0.1, 0.15) is 0 Å². The first kappa shape index (κ1) is 15.0. The number of carbonyl (C=O) groups is 2. The molecule has 2 amide bonds. The van der Waals surface area contributed by atoms with E-state index in [9.17, 15) is 9.59 Å². The third-order valence-corrected chi connectivity index (χ3v) is 3.65. The fraction of sp³-hybridized carbons (Fsp3) is 0.400. The molecule has 1 aliphatic rings. The Bertz CT molecular complexity index is 554. The molecule has 0 unspecified atom stereocenters. The summed E-state index contributed by atoms with van der Waals surface area (Å²) < 4.78 is 0. The Morgan fingerprint density at radius 3 is 2.43 bits per heavy atom. The lowest BCUT2D eigenvalue weighted by atomic mass is 9.96. The third-order valence-electron chi connectivity index (χ3n) is 3.65. The standard InChI is InChI=1S/C15H18N4O2/c16-9-11-1-3-13(4-2-11)18-14(20)10-19-7-5-12(6-8-19)15(17)21/h1-4,12H,5-8,10H2,(H2,17,21)(H,18,20). The average Bonchev–Trinajstić information content (AvgIpc) is 2.48. The van der Waals surface area contributed by atoms with Gasteiger partial charge in [-0.3, -0.25) is 14.5 Å². The maximum Gasteiger partial charge on any atom is 0.238 e. The first-order chi connectivity index (χ1) is 10.1. The van der Waals surface area contributed by atoms with Gasteiger partial charge in [0.2, 0.25) is 11.8 Å². The van der Waals surface area contributed by atoms with Crippen molar-refractivity contribution < 1.29 is 9.59 Å². The van der Waals surface area contributed by atoms with Gasteiger partial charge in [-0.15, -0.1) is 0 Å². The van der Waals surface area contributed by atoms with Crippen LogP contribution in [-0.4, -0.2) is 36.3 Å². The summed E-state index contributed by atoms with van der Waals surface area (Å²) in [6.07, 6.45) is 1.42. The Hall–Kier alpha value is -2.39. The monoisotopic (exact) mass is 286 g/mol. The van der Waals surface area contributed by atoms with E-state index in [0.717, 1.165) is 0 Å². The quantitative estimate of drug-likeness (QED) is 0.850. The fourth-order valence-electron chi connectivity index (χ4n) is 2.41. The predicted octanol–water partition coefficient (Wildman–Crippen LogP) is 0.694. The molecule has 1 saturated heterocycles. The second-order valence-electron chi connectivity index (χ2n) is 5.19. The summed E-state index contributed by atoms with van der Waals surface area (Å²) in [4.78, 5) is 25.0. The summed E-state index contributed by atoms with van der Waals surface area (Å²) >= 11 is 0. The van der Waals surface area contributed by atoms with E-state index in [1.54, 1.807) is 24.3 Å². The SMILES string of the molecule is N#Cc1ccc(NC(=O)CN2CCC(C(N)=O)CC2)cc1. The molecule has 0 aromatic heterocycles. The summed E-state index contributed by atoms with van der Waals surface area (Å²) in [6, 6.07) is 8.76. The molecule has 1 aromatic rings. The number of carbonyl (C=O) groups excluding carboxylic acids is 2. The highest BCUT2D eigenvalue weighted by Gasteiger charge is 2.24. The van der Waals surface area contributed by atoms with Gasteiger partial charge >= 0.3 is 0 Å². The zero-order chi connectivity index (χ0) is 15.2. The number of nitrogens with zero attached hydrogens (tertiary/aromatic N) is 2. The number of primary amides is 1. The number of nitriles is 1. The molecule has 0 atom stereocenters. The molecule has 6 nitrogen and oxygen atoms in total. The lowest BCUT2D eigenvalue weighted by molar-refractivity contribution is -0.123. The van der Waals surface area contributed by atoms with Gasteiger partial charge in [-0.1, -0.05) is 0 Å². The summed E-state index contributed by atoms with van der Waals surface area (Å²) in [5.41, 5.74) is 6.51. The lowest BCUT2D eigenvalue weighted by Gasteiger charge is -2.29. The van der Waals surface area contributed by atoms with E-state index in [0.29, 0.717) is 43.7 Å². The summed E-state index contributed by atoms with van der Waals surface area (Å²) in [5.74, 6) is -0.420. The van der Waals surface area contributed by atoms with E-state index in [-0.39, 0.29) is 17.7 Å². The van der Waals surface area contributed by atoms with Gasteiger partial charge in [0.15, 0.2) is 0 Å². The molecule has 110 valence electrons. The number of piperidine rings is 1. The number of benzene rings is 1. The van der Waals surface area contributed by atoms with Crippen LogP contribution < -0.4 is 11.1 Å². The van der Waals surface area contributed by atoms with E-state index >= 15 is 0 Å². The summed E-state index contributed by atoms with van der Waals surface area (Å²) in [6.45, 7) is 1.70. The van der Waals surface area contributed by atoms with Crippen LogP contribution in [0.5, 0.6) is 0 Å². The largest absolute Gasteiger partial charge is 0.369 e. The third kappa shape index (κ3) is 4.29. The van der Waals surface area contributed by atoms with Crippen molar-refractivity contribution >= 4 is 17.5 Å². The fourth-order valence-corrected chi connectivity index (χ4v) is 2.41. The van der Waals surface area contributed by atoms with Crippen LogP contribution in [0.1, 0.15) is 18.4 Å². The number of nitrogens with one attached hydrogen (secondary N) is 1. The predicted molar refractivity (Wildman–Crippen MR) is 78.1 cm³/mol. The van der Waals surface area contributed by atoms with Crippen molar-refractivity contribution in [1.29, 1.82) is 5.26 Å². The Labute approximate surface area is 123 Å². The highest BCUT2D eigenvalue weighted by molar-refractivity contribution is 5.92. The molecule has 1 heterocycles. The maximum absolute atomic E-state index is 11.9. The van der Waals surface area contributed by atoms with E-state index in [1.807, 2.05) is 11.0 Å². The average molecular weight is 286 g/mol. The van der Waals surface area contributed by atoms with Crippen LogP contribution >= 0.6 is 0 Å². The summed E-state index contributed by atoms with van der Waals surface area (Å²) in [7, 11) is 0. The molecule has 2 rings (SSSR count). The number of anilines is 1. The highest BCUT2D eigenvalue weighted by Crippen LogP contribution is 2.16. The molecular formula is C15H18N4O2.